The van der Waals surface area contributed by atoms with Crippen LogP contribution in [0.25, 0.3) is 0 Å². The number of nitrogens with zero attached hydrogens (tertiary/aromatic N) is 5. The van der Waals surface area contributed by atoms with Crippen molar-refractivity contribution in [3.63, 3.8) is 0 Å². The minimum absolute atomic E-state index is 0.0152. The minimum Gasteiger partial charge on any atom is -0.342 e. The molecule has 0 radical (unpaired) electrons. The third-order valence-electron chi connectivity index (χ3n) is 5.01. The van der Waals surface area contributed by atoms with E-state index in [2.05, 4.69) is 25.3 Å². The zero-order chi connectivity index (χ0) is 18.8. The van der Waals surface area contributed by atoms with Gasteiger partial charge in [0.05, 0.1) is 13.0 Å². The highest BCUT2D eigenvalue weighted by Crippen LogP contribution is 2.26. The highest BCUT2D eigenvalue weighted by Gasteiger charge is 2.29. The molecule has 9 nitrogen and oxygen atoms in total. The quantitative estimate of drug-likeness (QED) is 0.789. The molecule has 3 heterocycles. The summed E-state index contributed by atoms with van der Waals surface area (Å²) in [6.07, 6.45) is 2.04. The van der Waals surface area contributed by atoms with Crippen molar-refractivity contribution in [3.8, 4) is 0 Å². The van der Waals surface area contributed by atoms with Crippen LogP contribution < -0.4 is 5.56 Å². The lowest BCUT2D eigenvalue weighted by Crippen LogP contribution is -2.41. The molecule has 2 aromatic heterocycles. The summed E-state index contributed by atoms with van der Waals surface area (Å²) in [5.41, 5.74) is 1.02. The van der Waals surface area contributed by atoms with Gasteiger partial charge >= 0.3 is 0 Å². The van der Waals surface area contributed by atoms with Crippen molar-refractivity contribution in [2.45, 2.75) is 38.6 Å². The van der Waals surface area contributed by atoms with Crippen LogP contribution in [0.4, 0.5) is 0 Å². The van der Waals surface area contributed by atoms with Crippen LogP contribution in [0.2, 0.25) is 0 Å². The van der Waals surface area contributed by atoms with Gasteiger partial charge in [-0.1, -0.05) is 0 Å². The molecule has 2 N–H and O–H groups in total. The Kier molecular flexibility index (Phi) is 5.26. The van der Waals surface area contributed by atoms with Gasteiger partial charge in [0.25, 0.3) is 5.56 Å². The van der Waals surface area contributed by atoms with Gasteiger partial charge in [-0.05, 0) is 33.9 Å². The predicted molar refractivity (Wildman–Crippen MR) is 96.8 cm³/mol. The van der Waals surface area contributed by atoms with E-state index in [0.717, 1.165) is 43.3 Å². The fraction of sp³-hybridized carbons (Fsp3) is 0.647. The van der Waals surface area contributed by atoms with Crippen LogP contribution in [-0.4, -0.2) is 67.9 Å². The molecule has 0 saturated carbocycles. The lowest BCUT2D eigenvalue weighted by Gasteiger charge is -2.32. The van der Waals surface area contributed by atoms with E-state index in [1.807, 2.05) is 30.6 Å². The number of hydrogen-bond acceptors (Lipinski definition) is 5. The topological polar surface area (TPSA) is 103 Å². The summed E-state index contributed by atoms with van der Waals surface area (Å²) in [6, 6.07) is 0. The van der Waals surface area contributed by atoms with Crippen molar-refractivity contribution in [2.75, 3.05) is 27.2 Å². The standard InChI is InChI=1S/C17H27N7O2/c1-11-13(17(26)21-18-11)8-15(25)24-7-5-6-12(9-24)16-20-19-14(23(16)4)10-22(2)3/h12H,5-10H2,1-4H3,(H2,18,21,26)/t12-/m1/s1. The molecule has 1 aliphatic rings. The van der Waals surface area contributed by atoms with Crippen molar-refractivity contribution in [3.05, 3.63) is 33.3 Å². The normalized spacial score (nSPS) is 17.9. The van der Waals surface area contributed by atoms with Gasteiger partial charge < -0.3 is 19.5 Å². The van der Waals surface area contributed by atoms with Gasteiger partial charge in [0.2, 0.25) is 5.91 Å². The molecule has 1 amide bonds. The third kappa shape index (κ3) is 3.72. The van der Waals surface area contributed by atoms with Gasteiger partial charge in [-0.3, -0.25) is 14.7 Å². The lowest BCUT2D eigenvalue weighted by molar-refractivity contribution is -0.131. The number of carbonyl (C=O) groups excluding carboxylic acids is 1. The highest BCUT2D eigenvalue weighted by molar-refractivity contribution is 5.79. The maximum Gasteiger partial charge on any atom is 0.267 e. The third-order valence-corrected chi connectivity index (χ3v) is 5.01. The van der Waals surface area contributed by atoms with E-state index in [9.17, 15) is 9.59 Å². The Balaban J connectivity index is 1.70. The van der Waals surface area contributed by atoms with Crippen LogP contribution in [-0.2, 0) is 24.8 Å². The van der Waals surface area contributed by atoms with Crippen molar-refractivity contribution in [2.24, 2.45) is 7.05 Å². The number of H-pyrrole nitrogens is 2. The van der Waals surface area contributed by atoms with Gasteiger partial charge in [0, 0.05) is 37.3 Å². The number of likely N-dealkylation sites (tertiary alicyclic amines) is 1. The van der Waals surface area contributed by atoms with E-state index in [1.54, 1.807) is 6.92 Å². The molecule has 0 unspecified atom stereocenters. The van der Waals surface area contributed by atoms with Gasteiger partial charge in [-0.2, -0.15) is 0 Å². The summed E-state index contributed by atoms with van der Waals surface area (Å²) >= 11 is 0. The number of hydrogen-bond donors (Lipinski definition) is 2. The molecular weight excluding hydrogens is 334 g/mol. The van der Waals surface area contributed by atoms with Crippen LogP contribution in [0.15, 0.2) is 4.79 Å². The van der Waals surface area contributed by atoms with E-state index >= 15 is 0 Å². The molecule has 0 bridgehead atoms. The number of nitrogens with one attached hydrogen (secondary N) is 2. The Morgan fingerprint density at radius 2 is 2.08 bits per heavy atom. The first-order valence-corrected chi connectivity index (χ1v) is 8.93. The number of amides is 1. The Morgan fingerprint density at radius 1 is 1.31 bits per heavy atom. The number of rotatable bonds is 5. The van der Waals surface area contributed by atoms with E-state index in [1.165, 1.54) is 0 Å². The van der Waals surface area contributed by atoms with E-state index in [4.69, 9.17) is 0 Å². The number of aromatic nitrogens is 5. The molecule has 2 aromatic rings. The Morgan fingerprint density at radius 3 is 2.73 bits per heavy atom. The van der Waals surface area contributed by atoms with Crippen molar-refractivity contribution < 1.29 is 4.79 Å². The van der Waals surface area contributed by atoms with Crippen LogP contribution in [0.3, 0.4) is 0 Å². The predicted octanol–water partition coefficient (Wildman–Crippen LogP) is 0.150. The smallest absolute Gasteiger partial charge is 0.267 e. The van der Waals surface area contributed by atoms with E-state index < -0.39 is 0 Å². The van der Waals surface area contributed by atoms with Gasteiger partial charge in [0.1, 0.15) is 11.6 Å². The molecular formula is C17H27N7O2. The fourth-order valence-electron chi connectivity index (χ4n) is 3.51. The molecule has 0 aliphatic carbocycles. The molecule has 1 saturated heterocycles. The molecule has 1 fully saturated rings. The molecule has 0 aromatic carbocycles. The van der Waals surface area contributed by atoms with Crippen LogP contribution in [0.5, 0.6) is 0 Å². The van der Waals surface area contributed by atoms with Crippen molar-refractivity contribution >= 4 is 5.91 Å². The van der Waals surface area contributed by atoms with Crippen LogP contribution in [0.1, 0.15) is 41.7 Å². The first-order valence-electron chi connectivity index (χ1n) is 8.93. The second-order valence-electron chi connectivity index (χ2n) is 7.31. The minimum atomic E-state index is -0.217. The van der Waals surface area contributed by atoms with Gasteiger partial charge in [-0.25, -0.2) is 0 Å². The summed E-state index contributed by atoms with van der Waals surface area (Å²) in [7, 11) is 5.98. The van der Waals surface area contributed by atoms with Crippen molar-refractivity contribution in [1.29, 1.82) is 0 Å². The maximum atomic E-state index is 12.7. The SMILES string of the molecule is Cc1[nH][nH]c(=O)c1CC(=O)N1CCC[C@@H](c2nnc(CN(C)C)n2C)C1. The second-order valence-corrected chi connectivity index (χ2v) is 7.31. The summed E-state index contributed by atoms with van der Waals surface area (Å²) < 4.78 is 2.04. The largest absolute Gasteiger partial charge is 0.342 e. The first-order chi connectivity index (χ1) is 12.4. The Bertz CT molecular complexity index is 833. The number of aromatic amines is 2. The summed E-state index contributed by atoms with van der Waals surface area (Å²) in [4.78, 5) is 28.4. The Hall–Kier alpha value is -2.42. The van der Waals surface area contributed by atoms with Crippen molar-refractivity contribution in [1.82, 2.24) is 34.8 Å². The van der Waals surface area contributed by atoms with E-state index in [-0.39, 0.29) is 23.8 Å². The average Bonchev–Trinajstić information content (AvgIpc) is 3.11. The number of piperidine rings is 1. The number of aryl methyl sites for hydroxylation is 1. The zero-order valence-corrected chi connectivity index (χ0v) is 15.9. The molecule has 142 valence electrons. The summed E-state index contributed by atoms with van der Waals surface area (Å²) in [5.74, 6) is 2.00. The lowest BCUT2D eigenvalue weighted by atomic mass is 9.96. The Labute approximate surface area is 152 Å². The first kappa shape index (κ1) is 18.4. The average molecular weight is 361 g/mol. The van der Waals surface area contributed by atoms with Gasteiger partial charge in [-0.15, -0.1) is 10.2 Å². The second kappa shape index (κ2) is 7.45. The molecule has 3 rings (SSSR count). The van der Waals surface area contributed by atoms with Gasteiger partial charge in [0.15, 0.2) is 0 Å². The fourth-order valence-corrected chi connectivity index (χ4v) is 3.51. The molecule has 1 aliphatic heterocycles. The zero-order valence-electron chi connectivity index (χ0n) is 15.9. The molecule has 9 heteroatoms. The van der Waals surface area contributed by atoms with E-state index in [0.29, 0.717) is 12.1 Å². The summed E-state index contributed by atoms with van der Waals surface area (Å²) in [6.45, 7) is 3.87. The highest BCUT2D eigenvalue weighted by atomic mass is 16.2. The summed E-state index contributed by atoms with van der Waals surface area (Å²) in [5, 5.41) is 14.0. The van der Waals surface area contributed by atoms with Crippen LogP contribution in [0, 0.1) is 6.92 Å². The monoisotopic (exact) mass is 361 g/mol. The molecule has 0 spiro atoms. The number of carbonyl (C=O) groups is 1. The molecule has 26 heavy (non-hydrogen) atoms. The van der Waals surface area contributed by atoms with Crippen LogP contribution >= 0.6 is 0 Å². The molecule has 1 atom stereocenters. The maximum absolute atomic E-state index is 12.7.